The highest BCUT2D eigenvalue weighted by Gasteiger charge is 2.15. The van der Waals surface area contributed by atoms with Crippen molar-refractivity contribution in [3.63, 3.8) is 0 Å². The summed E-state index contributed by atoms with van der Waals surface area (Å²) in [5.74, 6) is -0.0610. The molecule has 0 aromatic carbocycles. The van der Waals surface area contributed by atoms with Gasteiger partial charge >= 0.3 is 0 Å². The number of hydrogen-bond donors (Lipinski definition) is 2. The predicted octanol–water partition coefficient (Wildman–Crippen LogP) is 1.13. The van der Waals surface area contributed by atoms with Crippen LogP contribution >= 0.6 is 0 Å². The van der Waals surface area contributed by atoms with Gasteiger partial charge < -0.3 is 10.4 Å². The van der Waals surface area contributed by atoms with Gasteiger partial charge in [0.05, 0.1) is 11.8 Å². The minimum Gasteiger partial charge on any atom is -0.396 e. The molecule has 5 nitrogen and oxygen atoms in total. The predicted molar refractivity (Wildman–Crippen MR) is 65.9 cm³/mol. The summed E-state index contributed by atoms with van der Waals surface area (Å²) in [5, 5.41) is 15.9. The molecule has 0 saturated carbocycles. The van der Waals surface area contributed by atoms with Gasteiger partial charge in [-0.3, -0.25) is 9.48 Å². The van der Waals surface area contributed by atoms with Crippen molar-refractivity contribution in [3.05, 3.63) is 17.5 Å². The summed E-state index contributed by atoms with van der Waals surface area (Å²) in [6.45, 7) is 8.36. The maximum absolute atomic E-state index is 11.9. The second-order valence-electron chi connectivity index (χ2n) is 4.68. The minimum atomic E-state index is -0.130. The van der Waals surface area contributed by atoms with Crippen molar-refractivity contribution in [2.24, 2.45) is 5.92 Å². The normalized spacial score (nSPS) is 12.8. The van der Waals surface area contributed by atoms with E-state index >= 15 is 0 Å². The van der Waals surface area contributed by atoms with Crippen molar-refractivity contribution in [1.29, 1.82) is 0 Å². The van der Waals surface area contributed by atoms with Gasteiger partial charge in [-0.1, -0.05) is 6.92 Å². The fourth-order valence-corrected chi connectivity index (χ4v) is 1.59. The highest BCUT2D eigenvalue weighted by Crippen LogP contribution is 2.12. The van der Waals surface area contributed by atoms with Gasteiger partial charge in [0.1, 0.15) is 0 Å². The van der Waals surface area contributed by atoms with E-state index < -0.39 is 0 Å². The third kappa shape index (κ3) is 3.30. The largest absolute Gasteiger partial charge is 0.396 e. The van der Waals surface area contributed by atoms with Crippen molar-refractivity contribution >= 4 is 5.91 Å². The van der Waals surface area contributed by atoms with Crippen molar-refractivity contribution in [3.8, 4) is 0 Å². The van der Waals surface area contributed by atoms with Crippen LogP contribution in [-0.2, 0) is 0 Å². The smallest absolute Gasteiger partial charge is 0.254 e. The molecule has 1 aromatic heterocycles. The first-order valence-corrected chi connectivity index (χ1v) is 5.90. The molecule has 0 bridgehead atoms. The maximum Gasteiger partial charge on any atom is 0.254 e. The lowest BCUT2D eigenvalue weighted by Crippen LogP contribution is -2.29. The number of hydrogen-bond acceptors (Lipinski definition) is 3. The number of nitrogens with zero attached hydrogens (tertiary/aromatic N) is 2. The Bertz CT molecular complexity index is 385. The average molecular weight is 239 g/mol. The van der Waals surface area contributed by atoms with Gasteiger partial charge in [-0.05, 0) is 26.7 Å². The van der Waals surface area contributed by atoms with E-state index in [9.17, 15) is 4.79 Å². The first kappa shape index (κ1) is 13.7. The van der Waals surface area contributed by atoms with Crippen molar-refractivity contribution < 1.29 is 9.90 Å². The Morgan fingerprint density at radius 2 is 2.18 bits per heavy atom. The summed E-state index contributed by atoms with van der Waals surface area (Å²) in [6, 6.07) is 0.243. The van der Waals surface area contributed by atoms with Crippen LogP contribution in [0.1, 0.15) is 42.9 Å². The van der Waals surface area contributed by atoms with E-state index in [0.717, 1.165) is 5.69 Å². The van der Waals surface area contributed by atoms with Crippen molar-refractivity contribution in [2.75, 3.05) is 13.2 Å². The average Bonchev–Trinajstić information content (AvgIpc) is 2.67. The lowest BCUT2D eigenvalue weighted by Gasteiger charge is -2.10. The summed E-state index contributed by atoms with van der Waals surface area (Å²) < 4.78 is 1.82. The van der Waals surface area contributed by atoms with E-state index in [1.807, 2.05) is 32.4 Å². The number of carbonyl (C=O) groups is 1. The standard InChI is InChI=1S/C12H21N3O2/c1-8(2)15-10(4)11(6-14-15)12(17)13-5-9(3)7-16/h6,8-9,16H,5,7H2,1-4H3,(H,13,17). The van der Waals surface area contributed by atoms with Crippen LogP contribution in [0.4, 0.5) is 0 Å². The van der Waals surface area contributed by atoms with Gasteiger partial charge in [-0.15, -0.1) is 0 Å². The summed E-state index contributed by atoms with van der Waals surface area (Å²) in [5.41, 5.74) is 1.47. The zero-order chi connectivity index (χ0) is 13.0. The van der Waals surface area contributed by atoms with E-state index in [2.05, 4.69) is 10.4 Å². The molecule has 0 aliphatic carbocycles. The molecule has 0 aliphatic heterocycles. The van der Waals surface area contributed by atoms with Crippen LogP contribution in [0.5, 0.6) is 0 Å². The van der Waals surface area contributed by atoms with E-state index in [1.165, 1.54) is 0 Å². The number of rotatable bonds is 5. The fourth-order valence-electron chi connectivity index (χ4n) is 1.59. The Hall–Kier alpha value is -1.36. The molecular weight excluding hydrogens is 218 g/mol. The van der Waals surface area contributed by atoms with Gasteiger partial charge in [0.2, 0.25) is 0 Å². The molecule has 2 N–H and O–H groups in total. The SMILES string of the molecule is Cc1c(C(=O)NCC(C)CO)cnn1C(C)C. The first-order chi connectivity index (χ1) is 7.97. The Balaban J connectivity index is 2.70. The fraction of sp³-hybridized carbons (Fsp3) is 0.667. The summed E-state index contributed by atoms with van der Waals surface area (Å²) in [7, 11) is 0. The Kier molecular flexibility index (Phi) is 4.69. The third-order valence-electron chi connectivity index (χ3n) is 2.70. The zero-order valence-electron chi connectivity index (χ0n) is 10.9. The van der Waals surface area contributed by atoms with Crippen LogP contribution < -0.4 is 5.32 Å². The molecule has 1 atom stereocenters. The topological polar surface area (TPSA) is 67.2 Å². The Morgan fingerprint density at radius 3 is 2.65 bits per heavy atom. The zero-order valence-corrected chi connectivity index (χ0v) is 10.9. The van der Waals surface area contributed by atoms with Gasteiger partial charge in [-0.25, -0.2) is 0 Å². The summed E-state index contributed by atoms with van der Waals surface area (Å²) in [4.78, 5) is 11.9. The van der Waals surface area contributed by atoms with Crippen molar-refractivity contribution in [2.45, 2.75) is 33.7 Å². The van der Waals surface area contributed by atoms with E-state index in [4.69, 9.17) is 5.11 Å². The quantitative estimate of drug-likeness (QED) is 0.809. The first-order valence-electron chi connectivity index (χ1n) is 5.90. The van der Waals surface area contributed by atoms with E-state index in [0.29, 0.717) is 12.1 Å². The minimum absolute atomic E-state index is 0.0689. The number of aliphatic hydroxyl groups excluding tert-OH is 1. The van der Waals surface area contributed by atoms with Crippen LogP contribution in [0.25, 0.3) is 0 Å². The summed E-state index contributed by atoms with van der Waals surface area (Å²) in [6.07, 6.45) is 1.59. The molecule has 0 aliphatic rings. The Morgan fingerprint density at radius 1 is 1.53 bits per heavy atom. The second-order valence-corrected chi connectivity index (χ2v) is 4.68. The molecule has 1 amide bonds. The molecule has 0 fully saturated rings. The lowest BCUT2D eigenvalue weighted by atomic mass is 10.2. The monoisotopic (exact) mass is 239 g/mol. The number of carbonyl (C=O) groups excluding carboxylic acids is 1. The van der Waals surface area contributed by atoms with E-state index in [1.54, 1.807) is 6.20 Å². The number of nitrogens with one attached hydrogen (secondary N) is 1. The molecule has 1 rings (SSSR count). The van der Waals surface area contributed by atoms with Crippen molar-refractivity contribution in [1.82, 2.24) is 15.1 Å². The van der Waals surface area contributed by atoms with Gasteiger partial charge in [0.15, 0.2) is 0 Å². The third-order valence-corrected chi connectivity index (χ3v) is 2.70. The molecule has 0 radical (unpaired) electrons. The van der Waals surface area contributed by atoms with Crippen LogP contribution in [0.3, 0.4) is 0 Å². The molecule has 0 spiro atoms. The van der Waals surface area contributed by atoms with Gasteiger partial charge in [0, 0.05) is 24.9 Å². The maximum atomic E-state index is 11.9. The van der Waals surface area contributed by atoms with Crippen LogP contribution in [0, 0.1) is 12.8 Å². The number of amides is 1. The lowest BCUT2D eigenvalue weighted by molar-refractivity contribution is 0.0941. The molecule has 1 heterocycles. The Labute approximate surface area is 102 Å². The highest BCUT2D eigenvalue weighted by atomic mass is 16.3. The van der Waals surface area contributed by atoms with Gasteiger partial charge in [0.25, 0.3) is 5.91 Å². The van der Waals surface area contributed by atoms with Crippen LogP contribution in [0.15, 0.2) is 6.20 Å². The number of aliphatic hydroxyl groups is 1. The molecular formula is C12H21N3O2. The van der Waals surface area contributed by atoms with Gasteiger partial charge in [-0.2, -0.15) is 5.10 Å². The molecule has 5 heteroatoms. The summed E-state index contributed by atoms with van der Waals surface area (Å²) >= 11 is 0. The van der Waals surface area contributed by atoms with E-state index in [-0.39, 0.29) is 24.5 Å². The molecule has 0 saturated heterocycles. The second kappa shape index (κ2) is 5.82. The van der Waals surface area contributed by atoms with Crippen LogP contribution in [0.2, 0.25) is 0 Å². The molecule has 17 heavy (non-hydrogen) atoms. The molecule has 96 valence electrons. The molecule has 1 aromatic rings. The van der Waals surface area contributed by atoms with Crippen LogP contribution in [-0.4, -0.2) is 33.9 Å². The molecule has 1 unspecified atom stereocenters. The highest BCUT2D eigenvalue weighted by molar-refractivity contribution is 5.95. The number of aromatic nitrogens is 2.